The molecule has 0 unspecified atom stereocenters. The van der Waals surface area contributed by atoms with Gasteiger partial charge in [0, 0.05) is 25.7 Å². The fourth-order valence-electron chi connectivity index (χ4n) is 4.07. The lowest BCUT2D eigenvalue weighted by atomic mass is 9.95. The summed E-state index contributed by atoms with van der Waals surface area (Å²) in [7, 11) is 1.84. The average Bonchev–Trinajstić information content (AvgIpc) is 3.14. The summed E-state index contributed by atoms with van der Waals surface area (Å²) in [6.07, 6.45) is 2.52. The number of likely N-dealkylation sites (N-methyl/N-ethyl adjacent to an activating group) is 1. The molecular formula is C20H20F2N2O. The minimum absolute atomic E-state index is 0.0776. The molecule has 0 aromatic heterocycles. The van der Waals surface area contributed by atoms with Crippen molar-refractivity contribution in [3.63, 3.8) is 0 Å². The number of nitrogens with one attached hydrogen (secondary N) is 1. The van der Waals surface area contributed by atoms with Crippen LogP contribution in [0.3, 0.4) is 0 Å². The van der Waals surface area contributed by atoms with Crippen LogP contribution in [0.25, 0.3) is 11.1 Å². The Hall–Kier alpha value is -2.27. The Morgan fingerprint density at radius 2 is 1.84 bits per heavy atom. The highest BCUT2D eigenvalue weighted by atomic mass is 19.1. The molecule has 2 fully saturated rings. The molecule has 5 heteroatoms. The molecule has 2 heterocycles. The number of amides is 1. The second-order valence-electron chi connectivity index (χ2n) is 7.08. The highest BCUT2D eigenvalue weighted by Gasteiger charge is 2.49. The van der Waals surface area contributed by atoms with Crippen LogP contribution in [0.2, 0.25) is 0 Å². The third-order valence-corrected chi connectivity index (χ3v) is 5.43. The molecule has 25 heavy (non-hydrogen) atoms. The number of carbonyl (C=O) groups excluding carboxylic acids is 1. The van der Waals surface area contributed by atoms with E-state index in [1.807, 2.05) is 31.3 Å². The molecule has 2 saturated heterocycles. The summed E-state index contributed by atoms with van der Waals surface area (Å²) in [5.41, 5.74) is 1.89. The zero-order valence-corrected chi connectivity index (χ0v) is 14.1. The van der Waals surface area contributed by atoms with Crippen molar-refractivity contribution in [1.29, 1.82) is 0 Å². The highest BCUT2D eigenvalue weighted by Crippen LogP contribution is 2.39. The van der Waals surface area contributed by atoms with Gasteiger partial charge in [-0.25, -0.2) is 8.78 Å². The van der Waals surface area contributed by atoms with Gasteiger partial charge in [-0.3, -0.25) is 10.1 Å². The molecule has 4 rings (SSSR count). The number of hydrogen-bond donors (Lipinski definition) is 1. The maximum atomic E-state index is 13.5. The zero-order valence-electron chi connectivity index (χ0n) is 14.1. The Labute approximate surface area is 145 Å². The van der Waals surface area contributed by atoms with Gasteiger partial charge in [0.15, 0.2) is 0 Å². The Kier molecular flexibility index (Phi) is 3.84. The number of halogens is 2. The van der Waals surface area contributed by atoms with E-state index < -0.39 is 17.2 Å². The van der Waals surface area contributed by atoms with E-state index in [0.717, 1.165) is 43.0 Å². The molecular weight excluding hydrogens is 322 g/mol. The normalized spacial score (nSPS) is 26.0. The van der Waals surface area contributed by atoms with Gasteiger partial charge in [-0.2, -0.15) is 0 Å². The third kappa shape index (κ3) is 2.82. The number of hydrogen-bond acceptors (Lipinski definition) is 2. The van der Waals surface area contributed by atoms with Crippen molar-refractivity contribution in [1.82, 2.24) is 10.2 Å². The van der Waals surface area contributed by atoms with Crippen molar-refractivity contribution >= 4 is 5.91 Å². The number of likely N-dealkylation sites (tertiary alicyclic amines) is 1. The van der Waals surface area contributed by atoms with Crippen LogP contribution < -0.4 is 5.32 Å². The molecule has 0 radical (unpaired) electrons. The monoisotopic (exact) mass is 342 g/mol. The molecule has 1 amide bonds. The third-order valence-electron chi connectivity index (χ3n) is 5.43. The quantitative estimate of drug-likeness (QED) is 0.903. The molecule has 2 aliphatic heterocycles. The van der Waals surface area contributed by atoms with Crippen LogP contribution in [-0.2, 0) is 4.79 Å². The van der Waals surface area contributed by atoms with Crippen LogP contribution in [0.15, 0.2) is 42.5 Å². The second kappa shape index (κ2) is 5.92. The predicted molar refractivity (Wildman–Crippen MR) is 91.9 cm³/mol. The smallest absolute Gasteiger partial charge is 0.242 e. The van der Waals surface area contributed by atoms with Crippen LogP contribution in [0.5, 0.6) is 0 Å². The van der Waals surface area contributed by atoms with Crippen molar-refractivity contribution in [2.45, 2.75) is 30.8 Å². The molecule has 2 aliphatic rings. The fraction of sp³-hybridized carbons (Fsp3) is 0.350. The Morgan fingerprint density at radius 3 is 2.52 bits per heavy atom. The molecule has 0 aliphatic carbocycles. The first kappa shape index (κ1) is 16.2. The molecule has 0 bridgehead atoms. The van der Waals surface area contributed by atoms with Gasteiger partial charge in [0.1, 0.15) is 17.2 Å². The maximum Gasteiger partial charge on any atom is 0.242 e. The van der Waals surface area contributed by atoms with Crippen LogP contribution in [0.1, 0.15) is 30.9 Å². The van der Waals surface area contributed by atoms with Crippen molar-refractivity contribution in [2.24, 2.45) is 0 Å². The van der Waals surface area contributed by atoms with Crippen molar-refractivity contribution < 1.29 is 13.6 Å². The molecule has 2 aromatic carbocycles. The average molecular weight is 342 g/mol. The lowest BCUT2D eigenvalue weighted by molar-refractivity contribution is -0.131. The molecule has 1 N–H and O–H groups in total. The van der Waals surface area contributed by atoms with E-state index in [1.54, 1.807) is 4.90 Å². The lowest BCUT2D eigenvalue weighted by Crippen LogP contribution is -2.47. The van der Waals surface area contributed by atoms with Crippen molar-refractivity contribution in [2.75, 3.05) is 13.6 Å². The van der Waals surface area contributed by atoms with E-state index in [4.69, 9.17) is 0 Å². The summed E-state index contributed by atoms with van der Waals surface area (Å²) in [4.78, 5) is 14.2. The van der Waals surface area contributed by atoms with Gasteiger partial charge in [-0.1, -0.05) is 18.2 Å². The van der Waals surface area contributed by atoms with E-state index in [2.05, 4.69) is 5.32 Å². The fourth-order valence-corrected chi connectivity index (χ4v) is 4.07. The van der Waals surface area contributed by atoms with Gasteiger partial charge in [0.25, 0.3) is 0 Å². The minimum Gasteiger partial charge on any atom is -0.344 e. The molecule has 130 valence electrons. The highest BCUT2D eigenvalue weighted by molar-refractivity contribution is 5.88. The topological polar surface area (TPSA) is 32.3 Å². The van der Waals surface area contributed by atoms with Gasteiger partial charge in [0.2, 0.25) is 5.91 Å². The van der Waals surface area contributed by atoms with E-state index >= 15 is 0 Å². The van der Waals surface area contributed by atoms with Crippen LogP contribution in [0.4, 0.5) is 8.78 Å². The Balaban J connectivity index is 1.61. The molecule has 3 nitrogen and oxygen atoms in total. The van der Waals surface area contributed by atoms with Gasteiger partial charge < -0.3 is 4.90 Å². The van der Waals surface area contributed by atoms with E-state index in [9.17, 15) is 13.6 Å². The first-order valence-electron chi connectivity index (χ1n) is 8.57. The van der Waals surface area contributed by atoms with Crippen molar-refractivity contribution in [3.05, 3.63) is 59.7 Å². The SMILES string of the molecule is CN1CC[C@]2(CC[C@@H](c3cccc(-c4cc(F)cc(F)c4)c3)N2)C1=O. The van der Waals surface area contributed by atoms with E-state index in [1.165, 1.54) is 12.1 Å². The predicted octanol–water partition coefficient (Wildman–Crippen LogP) is 3.66. The lowest BCUT2D eigenvalue weighted by Gasteiger charge is -2.23. The summed E-state index contributed by atoms with van der Waals surface area (Å²) in [5.74, 6) is -1.01. The summed E-state index contributed by atoms with van der Waals surface area (Å²) in [6.45, 7) is 0.779. The first-order chi connectivity index (χ1) is 12.0. The number of nitrogens with zero attached hydrogens (tertiary/aromatic N) is 1. The zero-order chi connectivity index (χ0) is 17.6. The number of benzene rings is 2. The van der Waals surface area contributed by atoms with Gasteiger partial charge in [-0.05, 0) is 54.2 Å². The van der Waals surface area contributed by atoms with E-state index in [-0.39, 0.29) is 11.9 Å². The van der Waals surface area contributed by atoms with Crippen molar-refractivity contribution in [3.8, 4) is 11.1 Å². The minimum atomic E-state index is -0.585. The summed E-state index contributed by atoms with van der Waals surface area (Å²) >= 11 is 0. The van der Waals surface area contributed by atoms with Gasteiger partial charge in [-0.15, -0.1) is 0 Å². The summed E-state index contributed by atoms with van der Waals surface area (Å²) < 4.78 is 27.0. The van der Waals surface area contributed by atoms with Crippen LogP contribution in [-0.4, -0.2) is 29.9 Å². The van der Waals surface area contributed by atoms with Crippen LogP contribution >= 0.6 is 0 Å². The molecule has 2 aromatic rings. The van der Waals surface area contributed by atoms with Crippen LogP contribution in [0, 0.1) is 11.6 Å². The van der Waals surface area contributed by atoms with E-state index in [0.29, 0.717) is 5.56 Å². The summed E-state index contributed by atoms with van der Waals surface area (Å²) in [6, 6.07) is 11.3. The Morgan fingerprint density at radius 1 is 1.08 bits per heavy atom. The Bertz CT molecular complexity index is 818. The number of rotatable bonds is 2. The molecule has 2 atom stereocenters. The maximum absolute atomic E-state index is 13.5. The molecule has 1 spiro atoms. The largest absolute Gasteiger partial charge is 0.344 e. The molecule has 0 saturated carbocycles. The van der Waals surface area contributed by atoms with Gasteiger partial charge in [0.05, 0.1) is 0 Å². The summed E-state index contributed by atoms with van der Waals surface area (Å²) in [5, 5.41) is 3.52. The first-order valence-corrected chi connectivity index (χ1v) is 8.57. The second-order valence-corrected chi connectivity index (χ2v) is 7.08. The van der Waals surface area contributed by atoms with Gasteiger partial charge >= 0.3 is 0 Å². The number of carbonyl (C=O) groups is 1. The standard InChI is InChI=1S/C20H20F2N2O/c1-24-8-7-20(19(24)25)6-5-18(23-20)14-4-2-3-13(9-14)15-10-16(21)12-17(22)11-15/h2-4,9-12,18,23H,5-8H2,1H3/t18-,20+/m0/s1.